The quantitative estimate of drug-likeness (QED) is 0.173. The fourth-order valence-electron chi connectivity index (χ4n) is 5.50. The smallest absolute Gasteiger partial charge is 0.416 e. The van der Waals surface area contributed by atoms with Gasteiger partial charge in [-0.25, -0.2) is 18.1 Å². The number of carbonyl (C=O) groups is 1. The first-order chi connectivity index (χ1) is 23.0. The van der Waals surface area contributed by atoms with Gasteiger partial charge < -0.3 is 15.0 Å². The molecule has 1 fully saturated rings. The van der Waals surface area contributed by atoms with Gasteiger partial charge in [0.15, 0.2) is 5.82 Å². The summed E-state index contributed by atoms with van der Waals surface area (Å²) in [5.41, 5.74) is 0.563. The number of methoxy groups -OCH3 is 1. The van der Waals surface area contributed by atoms with Crippen LogP contribution < -0.4 is 19.7 Å². The van der Waals surface area contributed by atoms with Crippen molar-refractivity contribution in [3.63, 3.8) is 0 Å². The highest BCUT2D eigenvalue weighted by molar-refractivity contribution is 7.93. The third-order valence-corrected chi connectivity index (χ3v) is 9.21. The topological polar surface area (TPSA) is 118 Å². The fraction of sp³-hybridized carbons (Fsp3) is 0.206. The minimum atomic E-state index is -4.59. The number of amides is 1. The highest BCUT2D eigenvalue weighted by Gasteiger charge is 2.31. The second kappa shape index (κ2) is 13.4. The zero-order valence-electron chi connectivity index (χ0n) is 25.7. The Labute approximate surface area is 275 Å². The average molecular weight is 677 g/mol. The van der Waals surface area contributed by atoms with Crippen molar-refractivity contribution in [1.82, 2.24) is 14.8 Å². The van der Waals surface area contributed by atoms with Crippen LogP contribution in [-0.2, 0) is 16.2 Å². The van der Waals surface area contributed by atoms with Gasteiger partial charge in [-0.2, -0.15) is 13.2 Å². The number of piperidine rings is 1. The molecule has 0 aliphatic carbocycles. The number of nitrogens with zero attached hydrogens (tertiary/aromatic N) is 4. The lowest BCUT2D eigenvalue weighted by Gasteiger charge is -2.30. The van der Waals surface area contributed by atoms with Gasteiger partial charge in [0.25, 0.3) is 15.9 Å². The lowest BCUT2D eigenvalue weighted by atomic mass is 10.1. The summed E-state index contributed by atoms with van der Waals surface area (Å²) in [6, 6.07) is 24.4. The molecule has 14 heteroatoms. The Balaban J connectivity index is 1.37. The number of halogens is 3. The molecule has 0 unspecified atom stereocenters. The monoisotopic (exact) mass is 676 g/mol. The number of ether oxygens (including phenoxy) is 1. The molecule has 48 heavy (non-hydrogen) atoms. The third kappa shape index (κ3) is 6.98. The van der Waals surface area contributed by atoms with Crippen molar-refractivity contribution >= 4 is 33.0 Å². The summed E-state index contributed by atoms with van der Waals surface area (Å²) in [5, 5.41) is 6.96. The van der Waals surface area contributed by atoms with Gasteiger partial charge in [0.05, 0.1) is 29.7 Å². The number of para-hydroxylation sites is 2. The Kier molecular flexibility index (Phi) is 9.09. The van der Waals surface area contributed by atoms with Gasteiger partial charge in [-0.3, -0.25) is 9.52 Å². The number of nitrogens with one attached hydrogen (secondary N) is 2. The molecule has 6 rings (SSSR count). The van der Waals surface area contributed by atoms with E-state index in [1.165, 1.54) is 30.0 Å². The molecule has 1 aliphatic heterocycles. The number of rotatable bonds is 9. The van der Waals surface area contributed by atoms with Crippen LogP contribution in [-0.4, -0.2) is 49.3 Å². The van der Waals surface area contributed by atoms with Crippen molar-refractivity contribution < 1.29 is 31.1 Å². The highest BCUT2D eigenvalue weighted by Crippen LogP contribution is 2.35. The number of sulfonamides is 1. The molecule has 1 aliphatic rings. The summed E-state index contributed by atoms with van der Waals surface area (Å²) in [5.74, 6) is -0.640. The SMILES string of the molecule is COc1ccccc1NS(=O)(=O)c1cc(NC(=O)c2nc(-c3ccccc3)n(-c3cccc(C(F)(F)F)c3)n2)ccc1N1CCCCC1. The van der Waals surface area contributed by atoms with Gasteiger partial charge in [0.1, 0.15) is 10.6 Å². The second-order valence-corrected chi connectivity index (χ2v) is 12.7. The van der Waals surface area contributed by atoms with Gasteiger partial charge in [0.2, 0.25) is 5.82 Å². The Morgan fingerprint density at radius 3 is 2.33 bits per heavy atom. The van der Waals surface area contributed by atoms with Crippen molar-refractivity contribution in [1.29, 1.82) is 0 Å². The Hall–Kier alpha value is -5.37. The molecule has 2 heterocycles. The van der Waals surface area contributed by atoms with Gasteiger partial charge >= 0.3 is 6.18 Å². The number of anilines is 3. The van der Waals surface area contributed by atoms with Crippen LogP contribution in [0.3, 0.4) is 0 Å². The third-order valence-electron chi connectivity index (χ3n) is 7.82. The lowest BCUT2D eigenvalue weighted by molar-refractivity contribution is -0.137. The standard InChI is InChI=1S/C34H31F3N6O4S/c1-47-29-16-7-6-15-27(29)41-48(45,46)30-22-25(17-18-28(30)42-19-8-3-9-20-42)38-33(44)31-39-32(23-11-4-2-5-12-23)43(40-31)26-14-10-13-24(21-26)34(35,36)37/h2,4-7,10-18,21-22,41H,3,8-9,19-20H2,1H3,(H,38,44). The molecule has 0 spiro atoms. The summed E-state index contributed by atoms with van der Waals surface area (Å²) < 4.78 is 77.5. The van der Waals surface area contributed by atoms with Gasteiger partial charge in [0, 0.05) is 24.3 Å². The normalized spacial score (nSPS) is 13.6. The summed E-state index contributed by atoms with van der Waals surface area (Å²) in [6.07, 6.45) is -1.75. The highest BCUT2D eigenvalue weighted by atomic mass is 32.2. The predicted molar refractivity (Wildman–Crippen MR) is 176 cm³/mol. The number of carbonyl (C=O) groups excluding carboxylic acids is 1. The van der Waals surface area contributed by atoms with Crippen molar-refractivity contribution in [2.45, 2.75) is 30.3 Å². The first kappa shape index (κ1) is 32.6. The van der Waals surface area contributed by atoms with Crippen LogP contribution in [0.15, 0.2) is 102 Å². The van der Waals surface area contributed by atoms with E-state index in [4.69, 9.17) is 4.74 Å². The minimum Gasteiger partial charge on any atom is -0.495 e. The van der Waals surface area contributed by atoms with E-state index in [1.807, 2.05) is 4.90 Å². The number of hydrogen-bond donors (Lipinski definition) is 2. The molecule has 1 aromatic heterocycles. The van der Waals surface area contributed by atoms with Crippen LogP contribution in [0.2, 0.25) is 0 Å². The van der Waals surface area contributed by atoms with E-state index in [-0.39, 0.29) is 33.6 Å². The van der Waals surface area contributed by atoms with E-state index in [0.29, 0.717) is 30.1 Å². The van der Waals surface area contributed by atoms with Gasteiger partial charge in [-0.1, -0.05) is 48.5 Å². The number of hydrogen-bond acceptors (Lipinski definition) is 7. The Morgan fingerprint density at radius 2 is 1.60 bits per heavy atom. The van der Waals surface area contributed by atoms with Crippen LogP contribution in [0.1, 0.15) is 35.4 Å². The summed E-state index contributed by atoms with van der Waals surface area (Å²) in [4.78, 5) is 19.9. The molecule has 0 saturated carbocycles. The largest absolute Gasteiger partial charge is 0.495 e. The van der Waals surface area contributed by atoms with Crippen molar-refractivity contribution in [2.24, 2.45) is 0 Å². The zero-order valence-corrected chi connectivity index (χ0v) is 26.6. The van der Waals surface area contributed by atoms with E-state index < -0.39 is 27.7 Å². The molecule has 2 N–H and O–H groups in total. The molecular weight excluding hydrogens is 645 g/mol. The Morgan fingerprint density at radius 1 is 0.875 bits per heavy atom. The van der Waals surface area contributed by atoms with Crippen molar-refractivity contribution in [2.75, 3.05) is 35.1 Å². The van der Waals surface area contributed by atoms with E-state index in [0.717, 1.165) is 31.4 Å². The van der Waals surface area contributed by atoms with Crippen LogP contribution >= 0.6 is 0 Å². The maximum absolute atomic E-state index is 13.9. The van der Waals surface area contributed by atoms with Crippen LogP contribution in [0.4, 0.5) is 30.2 Å². The van der Waals surface area contributed by atoms with Crippen LogP contribution in [0.25, 0.3) is 17.1 Å². The van der Waals surface area contributed by atoms with E-state index in [9.17, 15) is 26.4 Å². The van der Waals surface area contributed by atoms with Gasteiger partial charge in [-0.05, 0) is 67.8 Å². The van der Waals surface area contributed by atoms with E-state index >= 15 is 0 Å². The maximum atomic E-state index is 13.9. The van der Waals surface area contributed by atoms with Gasteiger partial charge in [-0.15, -0.1) is 5.10 Å². The predicted octanol–water partition coefficient (Wildman–Crippen LogP) is 7.01. The fourth-order valence-corrected chi connectivity index (χ4v) is 6.82. The summed E-state index contributed by atoms with van der Waals surface area (Å²) in [7, 11) is -2.75. The molecule has 10 nitrogen and oxygen atoms in total. The zero-order chi connectivity index (χ0) is 33.9. The average Bonchev–Trinajstić information content (AvgIpc) is 3.55. The van der Waals surface area contributed by atoms with Crippen molar-refractivity contribution in [3.8, 4) is 22.8 Å². The molecule has 0 bridgehead atoms. The summed E-state index contributed by atoms with van der Waals surface area (Å²) >= 11 is 0. The first-order valence-electron chi connectivity index (χ1n) is 15.1. The minimum absolute atomic E-state index is 0.0527. The first-order valence-corrected chi connectivity index (χ1v) is 16.6. The number of aromatic nitrogens is 3. The summed E-state index contributed by atoms with van der Waals surface area (Å²) in [6.45, 7) is 1.34. The molecule has 1 saturated heterocycles. The molecule has 0 atom stereocenters. The van der Waals surface area contributed by atoms with Crippen molar-refractivity contribution in [3.05, 3.63) is 108 Å². The molecular formula is C34H31F3N6O4S. The van der Waals surface area contributed by atoms with E-state index in [1.54, 1.807) is 66.7 Å². The lowest BCUT2D eigenvalue weighted by Crippen LogP contribution is -2.31. The van der Waals surface area contributed by atoms with Crippen LogP contribution in [0.5, 0.6) is 5.75 Å². The maximum Gasteiger partial charge on any atom is 0.416 e. The van der Waals surface area contributed by atoms with Crippen LogP contribution in [0, 0.1) is 0 Å². The molecule has 0 radical (unpaired) electrons. The molecule has 5 aromatic rings. The van der Waals surface area contributed by atoms with E-state index in [2.05, 4.69) is 20.1 Å². The molecule has 248 valence electrons. The molecule has 1 amide bonds. The second-order valence-electron chi connectivity index (χ2n) is 11.1. The molecule has 4 aromatic carbocycles. The Bertz CT molecular complexity index is 2050. The number of alkyl halides is 3. The number of benzene rings is 4.